The molecule has 0 aliphatic rings. The molecule has 0 heterocycles. The minimum atomic E-state index is -2.74. The van der Waals surface area contributed by atoms with Crippen LogP contribution in [0.3, 0.4) is 0 Å². The van der Waals surface area contributed by atoms with Crippen molar-refractivity contribution in [1.29, 1.82) is 0 Å². The molecule has 10 heteroatoms. The maximum absolute atomic E-state index is 10.3. The molecule has 0 aromatic carbocycles. The summed E-state index contributed by atoms with van der Waals surface area (Å²) >= 11 is 0. The largest absolute Gasteiger partial charge is 0.481 e. The van der Waals surface area contributed by atoms with Crippen molar-refractivity contribution >= 4 is 17.9 Å². The van der Waals surface area contributed by atoms with Crippen LogP contribution in [0.25, 0.3) is 0 Å². The molecule has 0 aliphatic heterocycles. The van der Waals surface area contributed by atoms with Gasteiger partial charge in [0.2, 0.25) is 0 Å². The number of carboxylic acid groups (broad SMARTS) is 3. The molecule has 0 amide bonds. The van der Waals surface area contributed by atoms with Gasteiger partial charge in [-0.2, -0.15) is 0 Å². The van der Waals surface area contributed by atoms with Crippen LogP contribution in [0.2, 0.25) is 0 Å². The Labute approximate surface area is 122 Å². The van der Waals surface area contributed by atoms with Gasteiger partial charge in [-0.25, -0.2) is 4.79 Å². The van der Waals surface area contributed by atoms with Gasteiger partial charge in [-0.3, -0.25) is 9.59 Å². The van der Waals surface area contributed by atoms with E-state index in [0.717, 1.165) is 0 Å². The third-order valence-electron chi connectivity index (χ3n) is 1.29. The van der Waals surface area contributed by atoms with Gasteiger partial charge in [0, 0.05) is 51.2 Å². The minimum Gasteiger partial charge on any atom is -0.481 e. The fraction of sp³-hybridized carbons (Fsp3) is 0.500. The number of aliphatic hydroxyl groups is 1. The van der Waals surface area contributed by atoms with Crippen LogP contribution in [0.1, 0.15) is 12.8 Å². The van der Waals surface area contributed by atoms with E-state index < -0.39 is 36.4 Å². The molecule has 0 saturated carbocycles. The first-order valence-electron chi connectivity index (χ1n) is 3.17. The number of carboxylic acids is 3. The van der Waals surface area contributed by atoms with E-state index in [2.05, 4.69) is 0 Å². The smallest absolute Gasteiger partial charge is 0.336 e. The van der Waals surface area contributed by atoms with E-state index in [4.69, 9.17) is 20.4 Å². The van der Waals surface area contributed by atoms with Gasteiger partial charge in [0.25, 0.3) is 0 Å². The van der Waals surface area contributed by atoms with Crippen LogP contribution in [0, 0.1) is 0 Å². The Morgan fingerprint density at radius 2 is 1.06 bits per heavy atom. The number of hydrogen-bond donors (Lipinski definition) is 4. The van der Waals surface area contributed by atoms with Gasteiger partial charge in [0.15, 0.2) is 5.60 Å². The fourth-order valence-corrected chi connectivity index (χ4v) is 0.714. The average molecular weight is 383 g/mol. The number of carbonyl (C=O) groups is 3. The molecule has 0 aromatic heterocycles. The van der Waals surface area contributed by atoms with Crippen molar-refractivity contribution < 1.29 is 86.0 Å². The zero-order valence-corrected chi connectivity index (χ0v) is 10.2. The van der Waals surface area contributed by atoms with E-state index in [-0.39, 0.29) is 51.2 Å². The first-order valence-corrected chi connectivity index (χ1v) is 3.17. The summed E-state index contributed by atoms with van der Waals surface area (Å²) in [5.41, 5.74) is -2.74. The molecule has 0 spiro atoms. The maximum atomic E-state index is 10.3. The van der Waals surface area contributed by atoms with E-state index >= 15 is 0 Å². The van der Waals surface area contributed by atoms with Crippen molar-refractivity contribution in [1.82, 2.24) is 0 Å². The minimum absolute atomic E-state index is 0. The third kappa shape index (κ3) is 9.18. The fourth-order valence-electron chi connectivity index (χ4n) is 0.714. The Bertz CT molecular complexity index is 239. The van der Waals surface area contributed by atoms with Crippen LogP contribution in [0.5, 0.6) is 0 Å². The number of hydrogen-bond acceptors (Lipinski definition) is 4. The Morgan fingerprint density at radius 3 is 1.19 bits per heavy atom. The second-order valence-electron chi connectivity index (χ2n) is 2.48. The molecule has 4 N–H and O–H groups in total. The van der Waals surface area contributed by atoms with Crippen LogP contribution in [0.15, 0.2) is 0 Å². The van der Waals surface area contributed by atoms with Crippen molar-refractivity contribution in [2.75, 3.05) is 0 Å². The molecule has 3 radical (unpaired) electrons. The topological polar surface area (TPSA) is 132 Å². The summed E-state index contributed by atoms with van der Waals surface area (Å²) in [4.78, 5) is 30.5. The van der Waals surface area contributed by atoms with Gasteiger partial charge in [0.1, 0.15) is 0 Å². The molecule has 0 saturated heterocycles. The molecule has 0 unspecified atom stereocenters. The predicted molar refractivity (Wildman–Crippen MR) is 37.1 cm³/mol. The predicted octanol–water partition coefficient (Wildman–Crippen LogP) is -1.26. The van der Waals surface area contributed by atoms with E-state index in [0.29, 0.717) is 0 Å². The second kappa shape index (κ2) is 10.1. The number of rotatable bonds is 5. The van der Waals surface area contributed by atoms with Crippen molar-refractivity contribution in [3.05, 3.63) is 0 Å². The zero-order valence-electron chi connectivity index (χ0n) is 7.33. The van der Waals surface area contributed by atoms with Crippen LogP contribution in [0.4, 0.5) is 0 Å². The molecule has 7 nitrogen and oxygen atoms in total. The molecule has 16 heavy (non-hydrogen) atoms. The van der Waals surface area contributed by atoms with Gasteiger partial charge >= 0.3 is 17.9 Å². The van der Waals surface area contributed by atoms with Crippen LogP contribution >= 0.6 is 0 Å². The Morgan fingerprint density at radius 1 is 0.812 bits per heavy atom. The molecule has 0 aliphatic carbocycles. The van der Waals surface area contributed by atoms with Gasteiger partial charge in [-0.05, 0) is 0 Å². The van der Waals surface area contributed by atoms with E-state index in [1.54, 1.807) is 0 Å². The van der Waals surface area contributed by atoms with Crippen molar-refractivity contribution in [2.45, 2.75) is 18.4 Å². The summed E-state index contributed by atoms with van der Waals surface area (Å²) in [7, 11) is 0. The Kier molecular flexibility index (Phi) is 15.8. The van der Waals surface area contributed by atoms with Gasteiger partial charge in [-0.1, -0.05) is 0 Å². The molecule has 0 rings (SSSR count). The third-order valence-corrected chi connectivity index (χ3v) is 1.29. The molecular formula is C6H8Cu3O7. The maximum Gasteiger partial charge on any atom is 0.336 e. The summed E-state index contributed by atoms with van der Waals surface area (Å²) < 4.78 is 0. The molecule has 107 valence electrons. The summed E-state index contributed by atoms with van der Waals surface area (Å²) in [6.45, 7) is 0. The standard InChI is InChI=1S/C6H8O7.3Cu/c7-3(8)1-6(13,5(11)12)2-4(9)10;;;/h13H,1-2H2,(H,7,8)(H,9,10)(H,11,12);;;. The SMILES string of the molecule is O=C(O)CC(O)(CC(=O)O)C(=O)O.[Cu].[Cu].[Cu]. The van der Waals surface area contributed by atoms with E-state index in [9.17, 15) is 14.4 Å². The summed E-state index contributed by atoms with van der Waals surface area (Å²) in [6.07, 6.45) is -2.29. The second-order valence-corrected chi connectivity index (χ2v) is 2.48. The Hall–Kier alpha value is -0.0716. The first kappa shape index (κ1) is 24.9. The molecule has 0 fully saturated rings. The quantitative estimate of drug-likeness (QED) is 0.436. The Balaban J connectivity index is -0.000000240. The van der Waals surface area contributed by atoms with Gasteiger partial charge in [-0.15, -0.1) is 0 Å². The van der Waals surface area contributed by atoms with Crippen LogP contribution < -0.4 is 0 Å². The monoisotopic (exact) mass is 381 g/mol. The summed E-state index contributed by atoms with van der Waals surface area (Å²) in [5.74, 6) is -5.02. The van der Waals surface area contributed by atoms with Crippen molar-refractivity contribution in [2.24, 2.45) is 0 Å². The average Bonchev–Trinajstić information content (AvgIpc) is 1.82. The van der Waals surface area contributed by atoms with Gasteiger partial charge < -0.3 is 20.4 Å². The normalized spacial score (nSPS) is 8.81. The zero-order chi connectivity index (χ0) is 10.6. The van der Waals surface area contributed by atoms with Gasteiger partial charge in [0.05, 0.1) is 12.8 Å². The number of aliphatic carboxylic acids is 3. The summed E-state index contributed by atoms with van der Waals surface area (Å²) in [5, 5.41) is 33.8. The van der Waals surface area contributed by atoms with E-state index in [1.807, 2.05) is 0 Å². The van der Waals surface area contributed by atoms with Crippen LogP contribution in [-0.2, 0) is 65.6 Å². The molecule has 0 bridgehead atoms. The molecule has 0 atom stereocenters. The van der Waals surface area contributed by atoms with Crippen molar-refractivity contribution in [3.8, 4) is 0 Å². The molecular weight excluding hydrogens is 375 g/mol. The van der Waals surface area contributed by atoms with Crippen molar-refractivity contribution in [3.63, 3.8) is 0 Å². The molecule has 0 aromatic rings. The first-order chi connectivity index (χ1) is 5.78. The van der Waals surface area contributed by atoms with Crippen LogP contribution in [-0.4, -0.2) is 43.9 Å². The van der Waals surface area contributed by atoms with E-state index in [1.165, 1.54) is 0 Å². The summed E-state index contributed by atoms with van der Waals surface area (Å²) in [6, 6.07) is 0.